The average molecular weight is 349 g/mol. The second kappa shape index (κ2) is 7.16. The topological polar surface area (TPSA) is 89.1 Å². The lowest BCUT2D eigenvalue weighted by Crippen LogP contribution is -2.21. The molecule has 2 heterocycles. The van der Waals surface area contributed by atoms with Gasteiger partial charge in [0.15, 0.2) is 0 Å². The summed E-state index contributed by atoms with van der Waals surface area (Å²) in [5.74, 6) is -2.22. The van der Waals surface area contributed by atoms with E-state index >= 15 is 0 Å². The Morgan fingerprint density at radius 1 is 1.04 bits per heavy atom. The molecule has 0 unspecified atom stereocenters. The van der Waals surface area contributed by atoms with E-state index in [4.69, 9.17) is 15.6 Å². The number of pyridine rings is 2. The van der Waals surface area contributed by atoms with E-state index in [1.807, 2.05) is 43.3 Å². The van der Waals surface area contributed by atoms with E-state index in [1.54, 1.807) is 6.07 Å². The number of aryl methyl sites for hydroxylation is 1. The van der Waals surface area contributed by atoms with Crippen LogP contribution in [0.1, 0.15) is 5.69 Å². The summed E-state index contributed by atoms with van der Waals surface area (Å²) >= 11 is 0. The van der Waals surface area contributed by atoms with Crippen molar-refractivity contribution in [2.75, 3.05) is 5.73 Å². The first kappa shape index (κ1) is 18.2. The van der Waals surface area contributed by atoms with Crippen LogP contribution in [0.3, 0.4) is 0 Å². The van der Waals surface area contributed by atoms with Gasteiger partial charge in [-0.1, -0.05) is 24.3 Å². The smallest absolute Gasteiger partial charge is 0.475 e. The minimum absolute atomic E-state index is 0.532. The highest BCUT2D eigenvalue weighted by Crippen LogP contribution is 2.26. The number of benzene rings is 1. The highest BCUT2D eigenvalue weighted by atomic mass is 19.4. The van der Waals surface area contributed by atoms with Gasteiger partial charge in [0, 0.05) is 16.6 Å². The molecule has 1 aromatic carbocycles. The molecule has 0 atom stereocenters. The lowest BCUT2D eigenvalue weighted by atomic mass is 10.0. The maximum Gasteiger partial charge on any atom is 0.490 e. The highest BCUT2D eigenvalue weighted by Gasteiger charge is 2.38. The largest absolute Gasteiger partial charge is 0.490 e. The lowest BCUT2D eigenvalue weighted by molar-refractivity contribution is -0.192. The zero-order valence-corrected chi connectivity index (χ0v) is 13.1. The molecule has 2 aromatic heterocycles. The maximum absolute atomic E-state index is 10.6. The number of nitrogen functional groups attached to an aromatic ring is 1. The number of hydrogen-bond donors (Lipinski definition) is 2. The molecule has 25 heavy (non-hydrogen) atoms. The molecule has 0 amide bonds. The molecule has 130 valence electrons. The summed E-state index contributed by atoms with van der Waals surface area (Å²) in [6.07, 6.45) is -5.08. The average Bonchev–Trinajstić information content (AvgIpc) is 2.53. The zero-order valence-electron chi connectivity index (χ0n) is 13.1. The van der Waals surface area contributed by atoms with Crippen LogP contribution in [0.15, 0.2) is 48.5 Å². The van der Waals surface area contributed by atoms with Crippen molar-refractivity contribution in [3.63, 3.8) is 0 Å². The van der Waals surface area contributed by atoms with Crippen LogP contribution >= 0.6 is 0 Å². The summed E-state index contributed by atoms with van der Waals surface area (Å²) in [4.78, 5) is 17.8. The van der Waals surface area contributed by atoms with E-state index in [2.05, 4.69) is 16.0 Å². The lowest BCUT2D eigenvalue weighted by Gasteiger charge is -2.06. The molecule has 0 saturated heterocycles. The molecule has 0 saturated carbocycles. The molecular formula is C17H14F3N3O2. The fourth-order valence-corrected chi connectivity index (χ4v) is 2.08. The number of carboxylic acid groups (broad SMARTS) is 1. The normalized spacial score (nSPS) is 10.9. The fourth-order valence-electron chi connectivity index (χ4n) is 2.08. The van der Waals surface area contributed by atoms with E-state index in [1.165, 1.54) is 0 Å². The van der Waals surface area contributed by atoms with Gasteiger partial charge in [0.05, 0.1) is 11.2 Å². The van der Waals surface area contributed by atoms with Gasteiger partial charge >= 0.3 is 12.1 Å². The van der Waals surface area contributed by atoms with Gasteiger partial charge in [0.1, 0.15) is 5.82 Å². The first-order valence-corrected chi connectivity index (χ1v) is 7.08. The fraction of sp³-hybridized carbons (Fsp3) is 0.118. The molecule has 0 aliphatic rings. The summed E-state index contributed by atoms with van der Waals surface area (Å²) in [6, 6.07) is 15.8. The number of carboxylic acids is 1. The minimum atomic E-state index is -5.08. The van der Waals surface area contributed by atoms with Crippen molar-refractivity contribution in [1.82, 2.24) is 9.97 Å². The van der Waals surface area contributed by atoms with Gasteiger partial charge in [-0.25, -0.2) is 9.78 Å². The zero-order chi connectivity index (χ0) is 18.6. The number of rotatable bonds is 1. The first-order chi connectivity index (χ1) is 11.7. The standard InChI is InChI=1S/C15H13N3.C2HF3O2/c1-10-8-9-12-11(4-2-5-13(12)17-10)14-6-3-7-15(16)18-14;3-2(4,5)1(6)7/h2-9H,1H3,(H2,16,18);(H,6,7). The summed E-state index contributed by atoms with van der Waals surface area (Å²) in [5, 5.41) is 8.22. The van der Waals surface area contributed by atoms with Gasteiger partial charge in [0.25, 0.3) is 0 Å². The monoisotopic (exact) mass is 349 g/mol. The van der Waals surface area contributed by atoms with E-state index in [0.29, 0.717) is 5.82 Å². The summed E-state index contributed by atoms with van der Waals surface area (Å²) in [7, 11) is 0. The quantitative estimate of drug-likeness (QED) is 0.697. The number of nitrogens with zero attached hydrogens (tertiary/aromatic N) is 2. The summed E-state index contributed by atoms with van der Waals surface area (Å²) in [5.41, 5.74) is 9.68. The van der Waals surface area contributed by atoms with Crippen molar-refractivity contribution in [3.8, 4) is 11.3 Å². The molecule has 3 N–H and O–H groups in total. The Kier molecular flexibility index (Phi) is 5.21. The molecule has 3 aromatic rings. The number of alkyl halides is 3. The SMILES string of the molecule is Cc1ccc2c(-c3cccc(N)n3)cccc2n1.O=C(O)C(F)(F)F. The predicted molar refractivity (Wildman–Crippen MR) is 87.8 cm³/mol. The Morgan fingerprint density at radius 3 is 2.28 bits per heavy atom. The Balaban J connectivity index is 0.000000277. The van der Waals surface area contributed by atoms with E-state index < -0.39 is 12.1 Å². The third kappa shape index (κ3) is 4.66. The third-order valence-electron chi connectivity index (χ3n) is 3.16. The number of nitrogens with two attached hydrogens (primary N) is 1. The summed E-state index contributed by atoms with van der Waals surface area (Å²) < 4.78 is 31.7. The number of hydrogen-bond acceptors (Lipinski definition) is 4. The van der Waals surface area contributed by atoms with Crippen molar-refractivity contribution >= 4 is 22.7 Å². The molecular weight excluding hydrogens is 335 g/mol. The van der Waals surface area contributed by atoms with Gasteiger partial charge in [0.2, 0.25) is 0 Å². The molecule has 0 radical (unpaired) electrons. The van der Waals surface area contributed by atoms with E-state index in [9.17, 15) is 13.2 Å². The number of aliphatic carboxylic acids is 1. The van der Waals surface area contributed by atoms with Crippen molar-refractivity contribution < 1.29 is 23.1 Å². The predicted octanol–water partition coefficient (Wildman–Crippen LogP) is 3.82. The molecule has 0 bridgehead atoms. The van der Waals surface area contributed by atoms with Crippen LogP contribution in [0.5, 0.6) is 0 Å². The van der Waals surface area contributed by atoms with Crippen LogP contribution < -0.4 is 5.73 Å². The number of halogens is 3. The van der Waals surface area contributed by atoms with Crippen molar-refractivity contribution in [3.05, 3.63) is 54.2 Å². The highest BCUT2D eigenvalue weighted by molar-refractivity contribution is 5.93. The first-order valence-electron chi connectivity index (χ1n) is 7.08. The molecule has 0 aliphatic carbocycles. The molecule has 0 aliphatic heterocycles. The van der Waals surface area contributed by atoms with Crippen molar-refractivity contribution in [2.24, 2.45) is 0 Å². The maximum atomic E-state index is 10.6. The Hall–Kier alpha value is -3.16. The molecule has 8 heteroatoms. The Bertz CT molecular complexity index is 911. The van der Waals surface area contributed by atoms with Crippen molar-refractivity contribution in [2.45, 2.75) is 13.1 Å². The summed E-state index contributed by atoms with van der Waals surface area (Å²) in [6.45, 7) is 1.99. The minimum Gasteiger partial charge on any atom is -0.475 e. The van der Waals surface area contributed by atoms with Gasteiger partial charge in [-0.2, -0.15) is 13.2 Å². The van der Waals surface area contributed by atoms with Gasteiger partial charge in [-0.05, 0) is 31.2 Å². The van der Waals surface area contributed by atoms with Gasteiger partial charge in [-0.15, -0.1) is 0 Å². The Labute approximate surface area is 141 Å². The van der Waals surface area contributed by atoms with Crippen LogP contribution in [0, 0.1) is 6.92 Å². The van der Waals surface area contributed by atoms with Crippen LogP contribution in [0.2, 0.25) is 0 Å². The Morgan fingerprint density at radius 2 is 1.68 bits per heavy atom. The van der Waals surface area contributed by atoms with Gasteiger partial charge in [-0.3, -0.25) is 4.98 Å². The molecule has 3 rings (SSSR count). The number of anilines is 1. The number of aromatic nitrogens is 2. The number of fused-ring (bicyclic) bond motifs is 1. The number of carbonyl (C=O) groups is 1. The van der Waals surface area contributed by atoms with Gasteiger partial charge < -0.3 is 10.8 Å². The van der Waals surface area contributed by atoms with Crippen molar-refractivity contribution in [1.29, 1.82) is 0 Å². The second-order valence-corrected chi connectivity index (χ2v) is 5.08. The molecule has 0 spiro atoms. The van der Waals surface area contributed by atoms with Crippen LogP contribution in [-0.2, 0) is 4.79 Å². The van der Waals surface area contributed by atoms with Crippen LogP contribution in [0.4, 0.5) is 19.0 Å². The second-order valence-electron chi connectivity index (χ2n) is 5.08. The van der Waals surface area contributed by atoms with Crippen LogP contribution in [-0.4, -0.2) is 27.2 Å². The van der Waals surface area contributed by atoms with E-state index in [-0.39, 0.29) is 0 Å². The van der Waals surface area contributed by atoms with Crippen LogP contribution in [0.25, 0.3) is 22.2 Å². The molecule has 0 fully saturated rings. The third-order valence-corrected chi connectivity index (χ3v) is 3.16. The molecule has 5 nitrogen and oxygen atoms in total. The van der Waals surface area contributed by atoms with E-state index in [0.717, 1.165) is 27.9 Å².